The van der Waals surface area contributed by atoms with Crippen molar-refractivity contribution in [3.8, 4) is 0 Å². The first kappa shape index (κ1) is 14.9. The van der Waals surface area contributed by atoms with Crippen LogP contribution in [0.1, 0.15) is 46.5 Å². The normalized spacial score (nSPS) is 21.7. The lowest BCUT2D eigenvalue weighted by molar-refractivity contribution is -0.0167. The molecule has 17 heavy (non-hydrogen) atoms. The van der Waals surface area contributed by atoms with Crippen LogP contribution < -0.4 is 5.32 Å². The lowest BCUT2D eigenvalue weighted by Gasteiger charge is -2.42. The second kappa shape index (κ2) is 6.17. The maximum atomic E-state index is 9.97. The first-order valence-corrected chi connectivity index (χ1v) is 7.06. The molecule has 1 aliphatic heterocycles. The second-order valence-corrected chi connectivity index (χ2v) is 6.01. The molecule has 2 N–H and O–H groups in total. The van der Waals surface area contributed by atoms with Gasteiger partial charge in [-0.05, 0) is 45.1 Å². The van der Waals surface area contributed by atoms with Crippen LogP contribution in [0.5, 0.6) is 0 Å². The van der Waals surface area contributed by atoms with E-state index in [1.807, 2.05) is 14.0 Å². The summed E-state index contributed by atoms with van der Waals surface area (Å²) in [4.78, 5) is 2.53. The Balaban J connectivity index is 2.51. The standard InChI is InChI=1S/C14H30N2O/c1-5-14(6-2,11-15-4)12-16-9-7-13(3,17)8-10-16/h15,17H,5-12H2,1-4H3. The summed E-state index contributed by atoms with van der Waals surface area (Å²) in [6, 6.07) is 0. The predicted molar refractivity (Wildman–Crippen MR) is 73.2 cm³/mol. The van der Waals surface area contributed by atoms with Gasteiger partial charge in [0.1, 0.15) is 0 Å². The molecule has 0 amide bonds. The van der Waals surface area contributed by atoms with Crippen molar-refractivity contribution in [2.45, 2.75) is 52.1 Å². The number of aliphatic hydroxyl groups is 1. The lowest BCUT2D eigenvalue weighted by atomic mass is 9.80. The zero-order valence-electron chi connectivity index (χ0n) is 12.1. The maximum Gasteiger partial charge on any atom is 0.0644 e. The van der Waals surface area contributed by atoms with Gasteiger partial charge in [-0.15, -0.1) is 0 Å². The summed E-state index contributed by atoms with van der Waals surface area (Å²) in [5, 5.41) is 13.3. The average Bonchev–Trinajstić information content (AvgIpc) is 2.31. The molecular weight excluding hydrogens is 212 g/mol. The Hall–Kier alpha value is -0.120. The monoisotopic (exact) mass is 242 g/mol. The first-order chi connectivity index (χ1) is 7.97. The van der Waals surface area contributed by atoms with E-state index in [1.165, 1.54) is 12.8 Å². The molecule has 0 unspecified atom stereocenters. The summed E-state index contributed by atoms with van der Waals surface area (Å²) in [5.74, 6) is 0. The Morgan fingerprint density at radius 2 is 1.76 bits per heavy atom. The molecule has 0 aromatic heterocycles. The van der Waals surface area contributed by atoms with Gasteiger partial charge in [0.2, 0.25) is 0 Å². The summed E-state index contributed by atoms with van der Waals surface area (Å²) in [6.07, 6.45) is 4.26. The van der Waals surface area contributed by atoms with Gasteiger partial charge in [0.15, 0.2) is 0 Å². The van der Waals surface area contributed by atoms with Crippen molar-refractivity contribution in [1.29, 1.82) is 0 Å². The van der Waals surface area contributed by atoms with Crippen LogP contribution in [0.2, 0.25) is 0 Å². The number of nitrogens with zero attached hydrogens (tertiary/aromatic N) is 1. The number of nitrogens with one attached hydrogen (secondary N) is 1. The quantitative estimate of drug-likeness (QED) is 0.746. The fraction of sp³-hybridized carbons (Fsp3) is 1.00. The molecule has 1 fully saturated rings. The van der Waals surface area contributed by atoms with Crippen LogP contribution in [-0.4, -0.2) is 48.8 Å². The van der Waals surface area contributed by atoms with E-state index in [0.717, 1.165) is 39.0 Å². The highest BCUT2D eigenvalue weighted by molar-refractivity contribution is 4.87. The number of rotatable bonds is 6. The molecule has 0 bridgehead atoms. The maximum absolute atomic E-state index is 9.97. The minimum Gasteiger partial charge on any atom is -0.390 e. The first-order valence-electron chi connectivity index (χ1n) is 7.06. The van der Waals surface area contributed by atoms with Crippen LogP contribution in [-0.2, 0) is 0 Å². The molecule has 1 saturated heterocycles. The third kappa shape index (κ3) is 4.23. The molecule has 1 aliphatic rings. The van der Waals surface area contributed by atoms with Gasteiger partial charge in [-0.2, -0.15) is 0 Å². The van der Waals surface area contributed by atoms with Crippen LogP contribution in [0.3, 0.4) is 0 Å². The van der Waals surface area contributed by atoms with Gasteiger partial charge < -0.3 is 15.3 Å². The van der Waals surface area contributed by atoms with Crippen molar-refractivity contribution in [3.05, 3.63) is 0 Å². The van der Waals surface area contributed by atoms with Gasteiger partial charge in [-0.3, -0.25) is 0 Å². The fourth-order valence-electron chi connectivity index (χ4n) is 2.82. The summed E-state index contributed by atoms with van der Waals surface area (Å²) < 4.78 is 0. The summed E-state index contributed by atoms with van der Waals surface area (Å²) in [7, 11) is 2.04. The molecule has 0 aromatic carbocycles. The zero-order valence-corrected chi connectivity index (χ0v) is 12.1. The summed E-state index contributed by atoms with van der Waals surface area (Å²) in [6.45, 7) is 10.9. The van der Waals surface area contributed by atoms with E-state index >= 15 is 0 Å². The van der Waals surface area contributed by atoms with Crippen LogP contribution >= 0.6 is 0 Å². The van der Waals surface area contributed by atoms with Crippen LogP contribution in [0, 0.1) is 5.41 Å². The summed E-state index contributed by atoms with van der Waals surface area (Å²) >= 11 is 0. The van der Waals surface area contributed by atoms with E-state index in [2.05, 4.69) is 24.1 Å². The molecule has 0 aliphatic carbocycles. The molecule has 3 heteroatoms. The molecule has 1 heterocycles. The Morgan fingerprint density at radius 1 is 1.24 bits per heavy atom. The predicted octanol–water partition coefficient (Wildman–Crippen LogP) is 1.86. The van der Waals surface area contributed by atoms with Gasteiger partial charge in [-0.25, -0.2) is 0 Å². The van der Waals surface area contributed by atoms with Gasteiger partial charge in [0, 0.05) is 26.2 Å². The highest BCUT2D eigenvalue weighted by Gasteiger charge is 2.32. The largest absolute Gasteiger partial charge is 0.390 e. The van der Waals surface area contributed by atoms with Crippen molar-refractivity contribution in [2.24, 2.45) is 5.41 Å². The van der Waals surface area contributed by atoms with Gasteiger partial charge in [0.05, 0.1) is 5.60 Å². The Kier molecular flexibility index (Phi) is 5.42. The average molecular weight is 242 g/mol. The molecule has 0 atom stereocenters. The van der Waals surface area contributed by atoms with E-state index in [9.17, 15) is 5.11 Å². The lowest BCUT2D eigenvalue weighted by Crippen LogP contribution is -2.48. The fourth-order valence-corrected chi connectivity index (χ4v) is 2.82. The van der Waals surface area contributed by atoms with E-state index in [1.54, 1.807) is 0 Å². The van der Waals surface area contributed by atoms with E-state index in [0.29, 0.717) is 5.41 Å². The van der Waals surface area contributed by atoms with E-state index < -0.39 is 5.60 Å². The van der Waals surface area contributed by atoms with Gasteiger partial charge in [0.25, 0.3) is 0 Å². The van der Waals surface area contributed by atoms with Crippen LogP contribution in [0.15, 0.2) is 0 Å². The zero-order chi connectivity index (χ0) is 12.9. The highest BCUT2D eigenvalue weighted by Crippen LogP contribution is 2.29. The molecule has 0 spiro atoms. The van der Waals surface area contributed by atoms with Crippen LogP contribution in [0.25, 0.3) is 0 Å². The SMILES string of the molecule is CCC(CC)(CNC)CN1CCC(C)(O)CC1. The van der Waals surface area contributed by atoms with Crippen molar-refractivity contribution in [3.63, 3.8) is 0 Å². The number of hydrogen-bond donors (Lipinski definition) is 2. The molecule has 102 valence electrons. The Morgan fingerprint density at radius 3 is 2.18 bits per heavy atom. The van der Waals surface area contributed by atoms with Crippen molar-refractivity contribution in [2.75, 3.05) is 33.2 Å². The molecule has 1 rings (SSSR count). The third-order valence-corrected chi connectivity index (χ3v) is 4.54. The van der Waals surface area contributed by atoms with Crippen molar-refractivity contribution < 1.29 is 5.11 Å². The minimum atomic E-state index is -0.430. The minimum absolute atomic E-state index is 0.401. The smallest absolute Gasteiger partial charge is 0.0644 e. The molecule has 0 aromatic rings. The topological polar surface area (TPSA) is 35.5 Å². The molecule has 0 saturated carbocycles. The van der Waals surface area contributed by atoms with Crippen molar-refractivity contribution in [1.82, 2.24) is 10.2 Å². The van der Waals surface area contributed by atoms with E-state index in [4.69, 9.17) is 0 Å². The number of hydrogen-bond acceptors (Lipinski definition) is 3. The Labute approximate surface area is 107 Å². The second-order valence-electron chi connectivity index (χ2n) is 6.01. The van der Waals surface area contributed by atoms with Gasteiger partial charge in [-0.1, -0.05) is 13.8 Å². The van der Waals surface area contributed by atoms with Crippen molar-refractivity contribution >= 4 is 0 Å². The third-order valence-electron chi connectivity index (χ3n) is 4.54. The van der Waals surface area contributed by atoms with Crippen LogP contribution in [0.4, 0.5) is 0 Å². The van der Waals surface area contributed by atoms with E-state index in [-0.39, 0.29) is 0 Å². The summed E-state index contributed by atoms with van der Waals surface area (Å²) in [5.41, 5.74) is -0.0292. The highest BCUT2D eigenvalue weighted by atomic mass is 16.3. The number of piperidine rings is 1. The molecular formula is C14H30N2O. The molecule has 3 nitrogen and oxygen atoms in total. The number of likely N-dealkylation sites (tertiary alicyclic amines) is 1. The molecule has 0 radical (unpaired) electrons. The van der Waals surface area contributed by atoms with Gasteiger partial charge >= 0.3 is 0 Å². The Bertz CT molecular complexity index is 214.